The maximum absolute atomic E-state index is 13.1. The highest BCUT2D eigenvalue weighted by Gasteiger charge is 2.47. The van der Waals surface area contributed by atoms with Crippen molar-refractivity contribution in [2.75, 3.05) is 0 Å². The number of rotatable bonds is 3. The zero-order valence-electron chi connectivity index (χ0n) is 19.9. The van der Waals surface area contributed by atoms with E-state index in [1.165, 1.54) is 0 Å². The van der Waals surface area contributed by atoms with E-state index >= 15 is 0 Å². The highest BCUT2D eigenvalue weighted by atomic mass is 35.5. The fraction of sp³-hybridized carbons (Fsp3) is 0.0294. The molecule has 0 aliphatic heterocycles. The topological polar surface area (TPSA) is 33.1 Å². The minimum atomic E-state index is -1.38. The molecule has 0 saturated heterocycles. The van der Waals surface area contributed by atoms with Crippen LogP contribution in [0, 0.1) is 0 Å². The van der Waals surface area contributed by atoms with Gasteiger partial charge in [-0.15, -0.1) is 0 Å². The van der Waals surface area contributed by atoms with Gasteiger partial charge >= 0.3 is 0 Å². The maximum Gasteiger partial charge on any atom is 0.143 e. The Labute approximate surface area is 220 Å². The Morgan fingerprint density at radius 3 is 1.92 bits per heavy atom. The van der Waals surface area contributed by atoms with Crippen molar-refractivity contribution in [1.29, 1.82) is 0 Å². The van der Waals surface area contributed by atoms with E-state index in [0.717, 1.165) is 61.1 Å². The Balaban J connectivity index is 1.63. The molecule has 0 amide bonds. The van der Waals surface area contributed by atoms with Gasteiger partial charge in [0.2, 0.25) is 0 Å². The molecule has 1 N–H and O–H groups in total. The van der Waals surface area contributed by atoms with Gasteiger partial charge in [0.25, 0.3) is 0 Å². The van der Waals surface area contributed by atoms with Gasteiger partial charge in [-0.25, -0.2) is 4.98 Å². The minimum absolute atomic E-state index is 0.682. The van der Waals surface area contributed by atoms with Gasteiger partial charge in [-0.1, -0.05) is 121 Å². The van der Waals surface area contributed by atoms with Crippen LogP contribution >= 0.6 is 11.6 Å². The van der Waals surface area contributed by atoms with Crippen molar-refractivity contribution in [2.24, 2.45) is 0 Å². The first-order valence-electron chi connectivity index (χ1n) is 12.3. The van der Waals surface area contributed by atoms with Crippen LogP contribution in [0.3, 0.4) is 0 Å². The monoisotopic (exact) mass is 495 g/mol. The van der Waals surface area contributed by atoms with Crippen LogP contribution in [0.4, 0.5) is 0 Å². The van der Waals surface area contributed by atoms with Crippen molar-refractivity contribution >= 4 is 22.5 Å². The molecule has 0 fully saturated rings. The van der Waals surface area contributed by atoms with Crippen molar-refractivity contribution < 1.29 is 5.11 Å². The van der Waals surface area contributed by atoms with Crippen LogP contribution < -0.4 is 0 Å². The van der Waals surface area contributed by atoms with Gasteiger partial charge in [-0.3, -0.25) is 0 Å². The average molecular weight is 496 g/mol. The molecular formula is C34H22ClNO. The van der Waals surface area contributed by atoms with Gasteiger partial charge in [0.15, 0.2) is 0 Å². The summed E-state index contributed by atoms with van der Waals surface area (Å²) >= 11 is 6.21. The molecule has 2 nitrogen and oxygen atoms in total. The first kappa shape index (κ1) is 22.0. The second-order valence-electron chi connectivity index (χ2n) is 9.40. The zero-order valence-corrected chi connectivity index (χ0v) is 20.7. The van der Waals surface area contributed by atoms with Gasteiger partial charge in [0.1, 0.15) is 5.60 Å². The van der Waals surface area contributed by atoms with Crippen LogP contribution in [-0.4, -0.2) is 10.1 Å². The summed E-state index contributed by atoms with van der Waals surface area (Å²) in [5, 5.41) is 14.7. The molecule has 0 bridgehead atoms. The van der Waals surface area contributed by atoms with Crippen molar-refractivity contribution in [2.45, 2.75) is 5.60 Å². The van der Waals surface area contributed by atoms with E-state index in [1.807, 2.05) is 97.1 Å². The summed E-state index contributed by atoms with van der Waals surface area (Å²) in [6.07, 6.45) is 0. The Morgan fingerprint density at radius 2 is 1.16 bits per heavy atom. The largest absolute Gasteiger partial charge is 0.376 e. The van der Waals surface area contributed by atoms with Gasteiger partial charge in [0.05, 0.1) is 11.2 Å². The summed E-state index contributed by atoms with van der Waals surface area (Å²) in [6.45, 7) is 0. The summed E-state index contributed by atoms with van der Waals surface area (Å²) in [4.78, 5) is 5.14. The Kier molecular flexibility index (Phi) is 5.00. The first-order chi connectivity index (χ1) is 18.2. The zero-order chi connectivity index (χ0) is 25.0. The minimum Gasteiger partial charge on any atom is -0.376 e. The summed E-state index contributed by atoms with van der Waals surface area (Å²) in [6, 6.07) is 42.4. The summed E-state index contributed by atoms with van der Waals surface area (Å²) in [5.74, 6) is 0. The highest BCUT2D eigenvalue weighted by Crippen LogP contribution is 2.56. The van der Waals surface area contributed by atoms with Crippen molar-refractivity contribution in [1.82, 2.24) is 4.98 Å². The van der Waals surface area contributed by atoms with Crippen molar-refractivity contribution in [3.05, 3.63) is 149 Å². The molecule has 1 aromatic heterocycles. The quantitative estimate of drug-likeness (QED) is 0.267. The van der Waals surface area contributed by atoms with E-state index in [4.69, 9.17) is 16.6 Å². The number of aliphatic hydroxyl groups is 1. The van der Waals surface area contributed by atoms with Gasteiger partial charge in [0, 0.05) is 38.2 Å². The lowest BCUT2D eigenvalue weighted by Crippen LogP contribution is -2.27. The second-order valence-corrected chi connectivity index (χ2v) is 9.84. The standard InChI is InChI=1S/C34H22ClNO/c35-24-20-18-22(19-21-24)25-12-4-7-15-28(25)34(37)29-16-8-5-13-26(29)31-32(34)27-14-6-9-17-30(27)36-33(31)23-10-2-1-3-11-23/h1-21,37H. The molecule has 1 atom stereocenters. The molecule has 0 radical (unpaired) electrons. The number of pyridine rings is 1. The first-order valence-corrected chi connectivity index (χ1v) is 12.7. The van der Waals surface area contributed by atoms with E-state index in [0.29, 0.717) is 5.02 Å². The predicted molar refractivity (Wildman–Crippen MR) is 152 cm³/mol. The Morgan fingerprint density at radius 1 is 0.568 bits per heavy atom. The molecule has 7 rings (SSSR count). The fourth-order valence-electron chi connectivity index (χ4n) is 5.77. The predicted octanol–water partition coefficient (Wildman–Crippen LogP) is 8.49. The number of benzene rings is 5. The van der Waals surface area contributed by atoms with E-state index in [9.17, 15) is 5.11 Å². The van der Waals surface area contributed by atoms with E-state index < -0.39 is 5.60 Å². The van der Waals surface area contributed by atoms with Crippen molar-refractivity contribution in [3.63, 3.8) is 0 Å². The fourth-order valence-corrected chi connectivity index (χ4v) is 5.89. The molecule has 37 heavy (non-hydrogen) atoms. The van der Waals surface area contributed by atoms with E-state index in [-0.39, 0.29) is 0 Å². The average Bonchev–Trinajstić information content (AvgIpc) is 3.24. The number of nitrogens with zero attached hydrogens (tertiary/aromatic N) is 1. The maximum atomic E-state index is 13.1. The normalized spacial score (nSPS) is 15.9. The summed E-state index contributed by atoms with van der Waals surface area (Å²) in [5.41, 5.74) is 7.89. The lowest BCUT2D eigenvalue weighted by molar-refractivity contribution is 0.133. The van der Waals surface area contributed by atoms with E-state index in [1.54, 1.807) is 0 Å². The molecule has 176 valence electrons. The van der Waals surface area contributed by atoms with Gasteiger partial charge < -0.3 is 5.11 Å². The molecule has 3 heteroatoms. The lowest BCUT2D eigenvalue weighted by Gasteiger charge is -2.30. The van der Waals surface area contributed by atoms with Crippen LogP contribution in [-0.2, 0) is 5.60 Å². The highest BCUT2D eigenvalue weighted by molar-refractivity contribution is 6.30. The SMILES string of the molecule is OC1(c2ccccc2-c2ccc(Cl)cc2)c2ccccc2-c2c(-c3ccccc3)nc3ccccc3c21. The molecular weight excluding hydrogens is 474 g/mol. The smallest absolute Gasteiger partial charge is 0.143 e. The van der Waals surface area contributed by atoms with Crippen LogP contribution in [0.25, 0.3) is 44.4 Å². The van der Waals surface area contributed by atoms with Crippen LogP contribution in [0.15, 0.2) is 127 Å². The summed E-state index contributed by atoms with van der Waals surface area (Å²) in [7, 11) is 0. The van der Waals surface area contributed by atoms with Gasteiger partial charge in [-0.2, -0.15) is 0 Å². The Bertz CT molecular complexity index is 1790. The lowest BCUT2D eigenvalue weighted by atomic mass is 9.79. The van der Waals surface area contributed by atoms with E-state index in [2.05, 4.69) is 30.3 Å². The number of fused-ring (bicyclic) bond motifs is 5. The molecule has 1 aliphatic carbocycles. The van der Waals surface area contributed by atoms with Crippen LogP contribution in [0.5, 0.6) is 0 Å². The molecule has 0 saturated carbocycles. The van der Waals surface area contributed by atoms with Crippen LogP contribution in [0.1, 0.15) is 16.7 Å². The van der Waals surface area contributed by atoms with Crippen LogP contribution in [0.2, 0.25) is 5.02 Å². The number of hydrogen-bond acceptors (Lipinski definition) is 2. The third kappa shape index (κ3) is 3.27. The molecule has 1 unspecified atom stereocenters. The van der Waals surface area contributed by atoms with Gasteiger partial charge in [-0.05, 0) is 34.9 Å². The third-order valence-electron chi connectivity index (χ3n) is 7.36. The second kappa shape index (κ2) is 8.41. The number of para-hydroxylation sites is 1. The van der Waals surface area contributed by atoms with Crippen molar-refractivity contribution in [3.8, 4) is 33.5 Å². The number of hydrogen-bond donors (Lipinski definition) is 1. The summed E-state index contributed by atoms with van der Waals surface area (Å²) < 4.78 is 0. The molecule has 6 aromatic rings. The number of halogens is 1. The third-order valence-corrected chi connectivity index (χ3v) is 7.61. The number of aromatic nitrogens is 1. The molecule has 1 aliphatic rings. The molecule has 0 spiro atoms. The Hall–Kier alpha value is -4.24. The molecule has 5 aromatic carbocycles. The molecule has 1 heterocycles.